The summed E-state index contributed by atoms with van der Waals surface area (Å²) >= 11 is 7.38. The zero-order valence-electron chi connectivity index (χ0n) is 13.0. The number of thioether (sulfide) groups is 1. The van der Waals surface area contributed by atoms with E-state index in [1.54, 1.807) is 24.3 Å². The van der Waals surface area contributed by atoms with Gasteiger partial charge in [0.25, 0.3) is 11.6 Å². The number of nitrogens with one attached hydrogen (secondary N) is 1. The lowest BCUT2D eigenvalue weighted by atomic mass is 10.2. The summed E-state index contributed by atoms with van der Waals surface area (Å²) in [4.78, 5) is 22.9. The molecule has 0 aliphatic heterocycles. The first-order chi connectivity index (χ1) is 11.5. The average molecular weight is 367 g/mol. The first-order valence-electron chi connectivity index (χ1n) is 6.92. The van der Waals surface area contributed by atoms with E-state index in [0.717, 1.165) is 5.56 Å². The van der Waals surface area contributed by atoms with Gasteiger partial charge in [0.15, 0.2) is 0 Å². The first kappa shape index (κ1) is 18.1. The second-order valence-electron chi connectivity index (χ2n) is 4.78. The molecule has 0 saturated carbocycles. The molecule has 0 spiro atoms. The molecule has 24 heavy (non-hydrogen) atoms. The number of rotatable bonds is 6. The van der Waals surface area contributed by atoms with Gasteiger partial charge in [0, 0.05) is 24.4 Å². The molecule has 0 fully saturated rings. The topological polar surface area (TPSA) is 81.5 Å². The molecule has 0 radical (unpaired) electrons. The van der Waals surface area contributed by atoms with Gasteiger partial charge in [-0.2, -0.15) is 0 Å². The molecule has 0 aromatic heterocycles. The van der Waals surface area contributed by atoms with Gasteiger partial charge in [0.1, 0.15) is 5.75 Å². The van der Waals surface area contributed by atoms with Crippen molar-refractivity contribution < 1.29 is 14.5 Å². The summed E-state index contributed by atoms with van der Waals surface area (Å²) < 4.78 is 5.09. The number of carbonyl (C=O) groups is 1. The third-order valence-corrected chi connectivity index (χ3v) is 4.68. The van der Waals surface area contributed by atoms with E-state index in [2.05, 4.69) is 5.32 Å². The summed E-state index contributed by atoms with van der Waals surface area (Å²) in [6.07, 6.45) is 0. The standard InChI is InChI=1S/C16H15ClN2O4S/c1-18-16(20)11-4-6-15(13(8-11)19(21)22)24-9-10-3-5-14(23-2)12(17)7-10/h3-8H,9H2,1-2H3,(H,18,20). The first-order valence-corrected chi connectivity index (χ1v) is 8.28. The fourth-order valence-corrected chi connectivity index (χ4v) is 3.26. The average Bonchev–Trinajstić information content (AvgIpc) is 2.59. The van der Waals surface area contributed by atoms with Gasteiger partial charge in [-0.25, -0.2) is 0 Å². The molecule has 1 amide bonds. The molecule has 0 aliphatic carbocycles. The van der Waals surface area contributed by atoms with Crippen LogP contribution in [0.5, 0.6) is 5.75 Å². The van der Waals surface area contributed by atoms with Crippen molar-refractivity contribution in [2.75, 3.05) is 14.2 Å². The van der Waals surface area contributed by atoms with E-state index in [1.165, 1.54) is 32.0 Å². The maximum Gasteiger partial charge on any atom is 0.283 e. The number of amides is 1. The third kappa shape index (κ3) is 4.18. The van der Waals surface area contributed by atoms with Gasteiger partial charge in [0.05, 0.1) is 22.0 Å². The van der Waals surface area contributed by atoms with Crippen LogP contribution in [0.2, 0.25) is 5.02 Å². The highest BCUT2D eigenvalue weighted by Crippen LogP contribution is 2.34. The highest BCUT2D eigenvalue weighted by molar-refractivity contribution is 7.98. The number of nitrogens with zero attached hydrogens (tertiary/aromatic N) is 1. The van der Waals surface area contributed by atoms with Crippen molar-refractivity contribution in [1.29, 1.82) is 0 Å². The van der Waals surface area contributed by atoms with Gasteiger partial charge in [-0.05, 0) is 29.8 Å². The van der Waals surface area contributed by atoms with Crippen LogP contribution in [0.1, 0.15) is 15.9 Å². The third-order valence-electron chi connectivity index (χ3n) is 3.26. The number of ether oxygens (including phenoxy) is 1. The molecule has 0 aliphatic rings. The lowest BCUT2D eigenvalue weighted by molar-refractivity contribution is -0.387. The summed E-state index contributed by atoms with van der Waals surface area (Å²) in [5.41, 5.74) is 1.07. The molecular weight excluding hydrogens is 352 g/mol. The molecule has 0 heterocycles. The Labute approximate surface area is 148 Å². The summed E-state index contributed by atoms with van der Waals surface area (Å²) in [6, 6.07) is 9.79. The molecule has 2 rings (SSSR count). The molecule has 0 saturated heterocycles. The van der Waals surface area contributed by atoms with Crippen molar-refractivity contribution in [1.82, 2.24) is 5.32 Å². The quantitative estimate of drug-likeness (QED) is 0.476. The maximum absolute atomic E-state index is 11.6. The van der Waals surface area contributed by atoms with E-state index < -0.39 is 4.92 Å². The van der Waals surface area contributed by atoms with Crippen molar-refractivity contribution in [3.05, 3.63) is 62.7 Å². The van der Waals surface area contributed by atoms with Crippen LogP contribution in [0.15, 0.2) is 41.3 Å². The molecule has 1 N–H and O–H groups in total. The predicted octanol–water partition coefficient (Wildman–Crippen LogP) is 3.91. The fourth-order valence-electron chi connectivity index (χ4n) is 2.03. The fraction of sp³-hybridized carbons (Fsp3) is 0.188. The zero-order chi connectivity index (χ0) is 17.7. The maximum atomic E-state index is 11.6. The number of nitro groups is 1. The van der Waals surface area contributed by atoms with Gasteiger partial charge in [0.2, 0.25) is 0 Å². The summed E-state index contributed by atoms with van der Waals surface area (Å²) in [5.74, 6) is 0.715. The van der Waals surface area contributed by atoms with Crippen molar-refractivity contribution in [3.63, 3.8) is 0 Å². The van der Waals surface area contributed by atoms with E-state index in [4.69, 9.17) is 16.3 Å². The Balaban J connectivity index is 2.21. The Hall–Kier alpha value is -2.25. The van der Waals surface area contributed by atoms with Gasteiger partial charge in [-0.15, -0.1) is 11.8 Å². The monoisotopic (exact) mass is 366 g/mol. The Morgan fingerprint density at radius 1 is 1.33 bits per heavy atom. The molecule has 0 atom stereocenters. The number of benzene rings is 2. The molecule has 2 aromatic carbocycles. The second-order valence-corrected chi connectivity index (χ2v) is 6.20. The van der Waals surface area contributed by atoms with Crippen LogP contribution < -0.4 is 10.1 Å². The summed E-state index contributed by atoms with van der Waals surface area (Å²) in [5, 5.41) is 14.2. The lowest BCUT2D eigenvalue weighted by Crippen LogP contribution is -2.17. The van der Waals surface area contributed by atoms with Crippen molar-refractivity contribution in [2.24, 2.45) is 0 Å². The Morgan fingerprint density at radius 2 is 2.08 bits per heavy atom. The SMILES string of the molecule is CNC(=O)c1ccc(SCc2ccc(OC)c(Cl)c2)c([N+](=O)[O-])c1. The minimum atomic E-state index is -0.490. The number of carbonyl (C=O) groups excluding carboxylic acids is 1. The number of hydrogen-bond donors (Lipinski definition) is 1. The molecule has 8 heteroatoms. The van der Waals surface area contributed by atoms with E-state index in [1.807, 2.05) is 6.07 Å². The smallest absolute Gasteiger partial charge is 0.283 e. The summed E-state index contributed by atoms with van der Waals surface area (Å²) in [6.45, 7) is 0. The molecule has 6 nitrogen and oxygen atoms in total. The Bertz CT molecular complexity index is 783. The van der Waals surface area contributed by atoms with Crippen LogP contribution in [0.25, 0.3) is 0 Å². The minimum absolute atomic E-state index is 0.0966. The second kappa shape index (κ2) is 8.03. The number of halogens is 1. The minimum Gasteiger partial charge on any atom is -0.495 e. The molecule has 2 aromatic rings. The van der Waals surface area contributed by atoms with Crippen molar-refractivity contribution >= 4 is 35.0 Å². The molecular formula is C16H15ClN2O4S. The number of methoxy groups -OCH3 is 1. The van der Waals surface area contributed by atoms with Crippen LogP contribution in [0, 0.1) is 10.1 Å². The van der Waals surface area contributed by atoms with Crippen LogP contribution in [0.4, 0.5) is 5.69 Å². The predicted molar refractivity (Wildman–Crippen MR) is 94.1 cm³/mol. The Morgan fingerprint density at radius 3 is 2.67 bits per heavy atom. The highest BCUT2D eigenvalue weighted by atomic mass is 35.5. The van der Waals surface area contributed by atoms with Crippen LogP contribution >= 0.6 is 23.4 Å². The normalized spacial score (nSPS) is 10.3. The molecule has 0 unspecified atom stereocenters. The van der Waals surface area contributed by atoms with Crippen LogP contribution in [-0.4, -0.2) is 25.0 Å². The molecule has 0 bridgehead atoms. The van der Waals surface area contributed by atoms with E-state index in [9.17, 15) is 14.9 Å². The van der Waals surface area contributed by atoms with Crippen LogP contribution in [-0.2, 0) is 5.75 Å². The number of nitro benzene ring substituents is 1. The van der Waals surface area contributed by atoms with E-state index in [0.29, 0.717) is 21.4 Å². The Kier molecular flexibility index (Phi) is 6.05. The van der Waals surface area contributed by atoms with Crippen LogP contribution in [0.3, 0.4) is 0 Å². The lowest BCUT2D eigenvalue weighted by Gasteiger charge is -2.07. The van der Waals surface area contributed by atoms with E-state index >= 15 is 0 Å². The largest absolute Gasteiger partial charge is 0.495 e. The van der Waals surface area contributed by atoms with Crippen molar-refractivity contribution in [3.8, 4) is 5.75 Å². The van der Waals surface area contributed by atoms with Gasteiger partial charge in [-0.3, -0.25) is 14.9 Å². The molecule has 126 valence electrons. The van der Waals surface area contributed by atoms with E-state index in [-0.39, 0.29) is 17.2 Å². The highest BCUT2D eigenvalue weighted by Gasteiger charge is 2.17. The van der Waals surface area contributed by atoms with Gasteiger partial charge in [-0.1, -0.05) is 17.7 Å². The zero-order valence-corrected chi connectivity index (χ0v) is 14.6. The number of hydrogen-bond acceptors (Lipinski definition) is 5. The summed E-state index contributed by atoms with van der Waals surface area (Å²) in [7, 11) is 3.01. The van der Waals surface area contributed by atoms with Gasteiger partial charge >= 0.3 is 0 Å². The van der Waals surface area contributed by atoms with Crippen molar-refractivity contribution in [2.45, 2.75) is 10.6 Å². The van der Waals surface area contributed by atoms with Gasteiger partial charge < -0.3 is 10.1 Å².